The number of hydrogen-bond acceptors (Lipinski definition) is 7. The summed E-state index contributed by atoms with van der Waals surface area (Å²) in [6.07, 6.45) is 0.949. The SMILES string of the molecule is C=COB(O)O.COC(=O)CNCC(=O)O. The maximum atomic E-state index is 10.3. The second kappa shape index (κ2) is 11.5. The van der Waals surface area contributed by atoms with E-state index in [9.17, 15) is 9.59 Å². The molecular formula is C7H14BNO7. The van der Waals surface area contributed by atoms with Gasteiger partial charge in [0.2, 0.25) is 0 Å². The van der Waals surface area contributed by atoms with Crippen LogP contribution in [-0.2, 0) is 19.0 Å². The number of methoxy groups -OCH3 is 1. The lowest BCUT2D eigenvalue weighted by Crippen LogP contribution is -2.28. The molecule has 0 heterocycles. The van der Waals surface area contributed by atoms with Gasteiger partial charge in [-0.05, 0) is 0 Å². The van der Waals surface area contributed by atoms with E-state index in [4.69, 9.17) is 15.2 Å². The standard InChI is InChI=1S/C5H9NO4.C2H5BO3/c1-10-5(9)3-6-2-4(7)8;1-2-6-3(4)5/h6H,2-3H2,1H3,(H,7,8);2,4-5H,1H2. The summed E-state index contributed by atoms with van der Waals surface area (Å²) in [5, 5.41) is 26.1. The van der Waals surface area contributed by atoms with Crippen LogP contribution in [0, 0.1) is 0 Å². The summed E-state index contributed by atoms with van der Waals surface area (Å²) in [7, 11) is -0.479. The van der Waals surface area contributed by atoms with Crippen LogP contribution in [0.25, 0.3) is 0 Å². The minimum absolute atomic E-state index is 0.0667. The zero-order chi connectivity index (χ0) is 13.0. The molecule has 0 amide bonds. The van der Waals surface area contributed by atoms with Crippen LogP contribution >= 0.6 is 0 Å². The fourth-order valence-electron chi connectivity index (χ4n) is 0.430. The Labute approximate surface area is 92.7 Å². The summed E-state index contributed by atoms with van der Waals surface area (Å²) in [6.45, 7) is 2.76. The van der Waals surface area contributed by atoms with E-state index in [1.54, 1.807) is 0 Å². The number of rotatable bonds is 6. The van der Waals surface area contributed by atoms with E-state index in [0.717, 1.165) is 6.26 Å². The van der Waals surface area contributed by atoms with Crippen LogP contribution < -0.4 is 5.32 Å². The summed E-state index contributed by atoms with van der Waals surface area (Å²) in [5.41, 5.74) is 0. The molecule has 0 spiro atoms. The van der Waals surface area contributed by atoms with E-state index in [1.807, 2.05) is 0 Å². The van der Waals surface area contributed by atoms with Gasteiger partial charge in [0.05, 0.1) is 26.5 Å². The molecule has 0 atom stereocenters. The summed E-state index contributed by atoms with van der Waals surface area (Å²) >= 11 is 0. The Hall–Kier alpha value is -1.58. The molecule has 16 heavy (non-hydrogen) atoms. The van der Waals surface area contributed by atoms with E-state index in [2.05, 4.69) is 21.3 Å². The number of esters is 1. The van der Waals surface area contributed by atoms with Gasteiger partial charge in [0.25, 0.3) is 0 Å². The van der Waals surface area contributed by atoms with Gasteiger partial charge >= 0.3 is 19.3 Å². The third kappa shape index (κ3) is 18.3. The van der Waals surface area contributed by atoms with Gasteiger partial charge < -0.3 is 24.5 Å². The van der Waals surface area contributed by atoms with E-state index < -0.39 is 19.3 Å². The monoisotopic (exact) mass is 235 g/mol. The number of carboxylic acid groups (broad SMARTS) is 1. The molecule has 92 valence electrons. The molecule has 0 aliphatic heterocycles. The molecule has 0 aromatic carbocycles. The smallest absolute Gasteiger partial charge is 0.519 e. The largest absolute Gasteiger partial charge is 0.707 e. The second-order valence-electron chi connectivity index (χ2n) is 2.20. The first kappa shape index (κ1) is 16.8. The number of nitrogens with one attached hydrogen (secondary N) is 1. The number of aliphatic carboxylic acids is 1. The summed E-state index contributed by atoms with van der Waals surface area (Å²) in [4.78, 5) is 20.2. The molecule has 0 aliphatic rings. The van der Waals surface area contributed by atoms with Crippen molar-refractivity contribution in [3.63, 3.8) is 0 Å². The Bertz CT molecular complexity index is 221. The van der Waals surface area contributed by atoms with E-state index >= 15 is 0 Å². The van der Waals surface area contributed by atoms with Crippen molar-refractivity contribution in [3.8, 4) is 0 Å². The first-order chi connectivity index (χ1) is 7.43. The lowest BCUT2D eigenvalue weighted by Gasteiger charge is -1.97. The normalized spacial score (nSPS) is 8.19. The van der Waals surface area contributed by atoms with Crippen LogP contribution in [0.4, 0.5) is 0 Å². The van der Waals surface area contributed by atoms with Crippen molar-refractivity contribution in [2.24, 2.45) is 0 Å². The van der Waals surface area contributed by atoms with Crippen molar-refractivity contribution in [1.29, 1.82) is 0 Å². The molecule has 9 heteroatoms. The Morgan fingerprint density at radius 2 is 2.00 bits per heavy atom. The fourth-order valence-corrected chi connectivity index (χ4v) is 0.430. The van der Waals surface area contributed by atoms with Gasteiger partial charge in [-0.25, -0.2) is 0 Å². The highest BCUT2D eigenvalue weighted by Gasteiger charge is 2.04. The second-order valence-corrected chi connectivity index (χ2v) is 2.20. The molecule has 0 saturated heterocycles. The third-order valence-corrected chi connectivity index (χ3v) is 0.991. The average molecular weight is 235 g/mol. The van der Waals surface area contributed by atoms with Crippen LogP contribution in [-0.4, -0.2) is 54.6 Å². The van der Waals surface area contributed by atoms with Gasteiger partial charge in [-0.3, -0.25) is 14.9 Å². The maximum Gasteiger partial charge on any atom is 0.707 e. The molecular weight excluding hydrogens is 221 g/mol. The number of hydrogen-bond donors (Lipinski definition) is 4. The van der Waals surface area contributed by atoms with Gasteiger partial charge in [-0.2, -0.15) is 0 Å². The maximum absolute atomic E-state index is 10.3. The van der Waals surface area contributed by atoms with Crippen molar-refractivity contribution in [2.45, 2.75) is 0 Å². The van der Waals surface area contributed by atoms with Crippen LogP contribution in [0.3, 0.4) is 0 Å². The fraction of sp³-hybridized carbons (Fsp3) is 0.429. The van der Waals surface area contributed by atoms with Crippen LogP contribution in [0.2, 0.25) is 0 Å². The number of carboxylic acids is 1. The van der Waals surface area contributed by atoms with Gasteiger partial charge in [0, 0.05) is 0 Å². The first-order valence-electron chi connectivity index (χ1n) is 4.05. The molecule has 0 aliphatic carbocycles. The minimum Gasteiger partial charge on any atom is -0.519 e. The van der Waals surface area contributed by atoms with Crippen molar-refractivity contribution in [1.82, 2.24) is 5.32 Å². The van der Waals surface area contributed by atoms with Crippen LogP contribution in [0.15, 0.2) is 12.8 Å². The lowest BCUT2D eigenvalue weighted by atomic mass is 10.3. The van der Waals surface area contributed by atoms with Crippen molar-refractivity contribution in [2.75, 3.05) is 20.2 Å². The molecule has 0 rings (SSSR count). The Morgan fingerprint density at radius 1 is 1.44 bits per heavy atom. The number of ether oxygens (including phenoxy) is 1. The molecule has 0 radical (unpaired) electrons. The van der Waals surface area contributed by atoms with E-state index in [1.165, 1.54) is 7.11 Å². The van der Waals surface area contributed by atoms with Gasteiger partial charge in [-0.15, -0.1) is 0 Å². The number of carbonyl (C=O) groups is 2. The van der Waals surface area contributed by atoms with Gasteiger partial charge in [-0.1, -0.05) is 6.58 Å². The molecule has 0 unspecified atom stereocenters. The summed E-state index contributed by atoms with van der Waals surface area (Å²) in [5.74, 6) is -1.47. The third-order valence-electron chi connectivity index (χ3n) is 0.991. The van der Waals surface area contributed by atoms with E-state index in [0.29, 0.717) is 0 Å². The molecule has 4 N–H and O–H groups in total. The molecule has 0 bridgehead atoms. The molecule has 8 nitrogen and oxygen atoms in total. The molecule has 0 aromatic rings. The Kier molecular flexibility index (Phi) is 12.1. The van der Waals surface area contributed by atoms with Crippen molar-refractivity contribution >= 4 is 19.3 Å². The first-order valence-corrected chi connectivity index (χ1v) is 4.05. The molecule has 0 saturated carbocycles. The quantitative estimate of drug-likeness (QED) is 0.235. The van der Waals surface area contributed by atoms with Gasteiger partial charge in [0.1, 0.15) is 0 Å². The summed E-state index contributed by atoms with van der Waals surface area (Å²) in [6, 6.07) is 0. The zero-order valence-electron chi connectivity index (χ0n) is 8.75. The predicted molar refractivity (Wildman–Crippen MR) is 54.0 cm³/mol. The van der Waals surface area contributed by atoms with Crippen molar-refractivity contribution in [3.05, 3.63) is 12.8 Å². The molecule has 0 aromatic heterocycles. The van der Waals surface area contributed by atoms with Crippen LogP contribution in [0.5, 0.6) is 0 Å². The van der Waals surface area contributed by atoms with E-state index in [-0.39, 0.29) is 13.1 Å². The topological polar surface area (TPSA) is 125 Å². The lowest BCUT2D eigenvalue weighted by molar-refractivity contribution is -0.140. The van der Waals surface area contributed by atoms with Crippen molar-refractivity contribution < 1.29 is 34.1 Å². The minimum atomic E-state index is -1.72. The predicted octanol–water partition coefficient (Wildman–Crippen LogP) is -2.05. The van der Waals surface area contributed by atoms with Crippen LogP contribution in [0.1, 0.15) is 0 Å². The molecule has 0 fully saturated rings. The Balaban J connectivity index is 0. The van der Waals surface area contributed by atoms with Gasteiger partial charge in [0.15, 0.2) is 0 Å². The highest BCUT2D eigenvalue weighted by atomic mass is 16.6. The zero-order valence-corrected chi connectivity index (χ0v) is 8.75. The highest BCUT2D eigenvalue weighted by molar-refractivity contribution is 6.32. The summed E-state index contributed by atoms with van der Waals surface area (Å²) < 4.78 is 8.15. The Morgan fingerprint density at radius 3 is 2.25 bits per heavy atom. The number of carbonyl (C=O) groups excluding carboxylic acids is 1. The average Bonchev–Trinajstić information content (AvgIpc) is 2.17. The highest BCUT2D eigenvalue weighted by Crippen LogP contribution is 1.70.